The largest absolute Gasteiger partial charge is 0.322 e. The Hall–Kier alpha value is -2.09. The predicted octanol–water partition coefficient (Wildman–Crippen LogP) is 3.35. The molecule has 0 radical (unpaired) electrons. The summed E-state index contributed by atoms with van der Waals surface area (Å²) in [5.74, 6) is -0.143. The minimum absolute atomic E-state index is 0.143. The second kappa shape index (κ2) is 4.19. The molecular weight excluding hydrogens is 198 g/mol. The number of rotatable bonds is 2. The van der Waals surface area contributed by atoms with E-state index < -0.39 is 0 Å². The van der Waals surface area contributed by atoms with Crippen molar-refractivity contribution in [1.82, 2.24) is 0 Å². The van der Waals surface area contributed by atoms with Crippen molar-refractivity contribution < 1.29 is 4.79 Å². The normalized spacial score (nSPS) is 10.1. The maximum Gasteiger partial charge on any atom is 0.250 e. The number of hydrogen-bond acceptors (Lipinski definition) is 1. The van der Waals surface area contributed by atoms with E-state index in [0.717, 1.165) is 16.5 Å². The van der Waals surface area contributed by atoms with Crippen LogP contribution in [-0.2, 0) is 4.79 Å². The molecule has 0 bridgehead atoms. The number of carbonyl (C=O) groups is 1. The van der Waals surface area contributed by atoms with Gasteiger partial charge in [0.15, 0.2) is 0 Å². The van der Waals surface area contributed by atoms with Gasteiger partial charge in [-0.1, -0.05) is 36.9 Å². The highest BCUT2D eigenvalue weighted by atomic mass is 16.1. The molecule has 0 heterocycles. The number of benzene rings is 2. The topological polar surface area (TPSA) is 29.1 Å². The summed E-state index contributed by atoms with van der Waals surface area (Å²) < 4.78 is 0. The van der Waals surface area contributed by atoms with E-state index in [4.69, 9.17) is 0 Å². The van der Waals surface area contributed by atoms with Gasteiger partial charge in [0.1, 0.15) is 0 Å². The lowest BCUT2D eigenvalue weighted by atomic mass is 10.1. The number of carbonyl (C=O) groups excluding carboxylic acids is 1. The first kappa shape index (κ1) is 10.4. The lowest BCUT2D eigenvalue weighted by Gasteiger charge is -2.05. The molecule has 0 aliphatic heterocycles. The van der Waals surface area contributed by atoms with Crippen LogP contribution in [0.4, 0.5) is 5.69 Å². The van der Waals surface area contributed by atoms with Gasteiger partial charge >= 0.3 is 0 Å². The van der Waals surface area contributed by atoms with Crippen molar-refractivity contribution in [3.8, 4) is 0 Å². The first-order valence-electron chi connectivity index (χ1n) is 5.12. The van der Waals surface area contributed by atoms with Crippen LogP contribution in [0.5, 0.6) is 0 Å². The summed E-state index contributed by atoms with van der Waals surface area (Å²) in [6, 6.07) is 13.9. The summed E-state index contributed by atoms with van der Waals surface area (Å²) >= 11 is 0. The molecule has 0 saturated heterocycles. The minimum Gasteiger partial charge on any atom is -0.322 e. The molecule has 2 aromatic carbocycles. The van der Waals surface area contributed by atoms with E-state index in [0.29, 0.717) is 5.57 Å². The Labute approximate surface area is 94.6 Å². The molecule has 0 fully saturated rings. The van der Waals surface area contributed by atoms with Crippen LogP contribution in [0.1, 0.15) is 6.92 Å². The van der Waals surface area contributed by atoms with Crippen LogP contribution >= 0.6 is 0 Å². The van der Waals surface area contributed by atoms with E-state index in [1.807, 2.05) is 42.5 Å². The van der Waals surface area contributed by atoms with Gasteiger partial charge in [-0.2, -0.15) is 0 Å². The van der Waals surface area contributed by atoms with Crippen LogP contribution in [0.2, 0.25) is 0 Å². The van der Waals surface area contributed by atoms with Crippen LogP contribution in [0, 0.1) is 0 Å². The second-order valence-corrected chi connectivity index (χ2v) is 3.80. The molecule has 0 atom stereocenters. The zero-order valence-electron chi connectivity index (χ0n) is 9.16. The van der Waals surface area contributed by atoms with Crippen molar-refractivity contribution in [3.05, 3.63) is 54.6 Å². The Morgan fingerprint density at radius 2 is 1.81 bits per heavy atom. The fraction of sp³-hybridized carbons (Fsp3) is 0.0714. The van der Waals surface area contributed by atoms with Gasteiger partial charge in [0.2, 0.25) is 0 Å². The first-order chi connectivity index (χ1) is 7.66. The molecule has 80 valence electrons. The molecule has 2 aromatic rings. The molecule has 1 N–H and O–H groups in total. The highest BCUT2D eigenvalue weighted by Crippen LogP contribution is 2.18. The SMILES string of the molecule is C=C(C)C(=O)Nc1ccc2ccccc2c1. The van der Waals surface area contributed by atoms with Crippen LogP contribution in [-0.4, -0.2) is 5.91 Å². The third-order valence-electron chi connectivity index (χ3n) is 2.39. The van der Waals surface area contributed by atoms with Crippen LogP contribution in [0.15, 0.2) is 54.6 Å². The van der Waals surface area contributed by atoms with Crippen molar-refractivity contribution in [2.45, 2.75) is 6.92 Å². The van der Waals surface area contributed by atoms with Gasteiger partial charge in [-0.25, -0.2) is 0 Å². The third-order valence-corrected chi connectivity index (χ3v) is 2.39. The zero-order valence-corrected chi connectivity index (χ0v) is 9.16. The van der Waals surface area contributed by atoms with Gasteiger partial charge in [-0.05, 0) is 29.8 Å². The Morgan fingerprint density at radius 1 is 1.12 bits per heavy atom. The molecule has 0 saturated carbocycles. The van der Waals surface area contributed by atoms with Gasteiger partial charge in [0, 0.05) is 11.3 Å². The van der Waals surface area contributed by atoms with E-state index in [2.05, 4.69) is 11.9 Å². The van der Waals surface area contributed by atoms with Gasteiger partial charge < -0.3 is 5.32 Å². The second-order valence-electron chi connectivity index (χ2n) is 3.80. The highest BCUT2D eigenvalue weighted by molar-refractivity contribution is 6.03. The van der Waals surface area contributed by atoms with Gasteiger partial charge in [-0.3, -0.25) is 4.79 Å². The van der Waals surface area contributed by atoms with Crippen LogP contribution in [0.3, 0.4) is 0 Å². The average Bonchev–Trinajstić information content (AvgIpc) is 2.28. The summed E-state index contributed by atoms with van der Waals surface area (Å²) in [4.78, 5) is 11.4. The number of fused-ring (bicyclic) bond motifs is 1. The van der Waals surface area contributed by atoms with Crippen LogP contribution < -0.4 is 5.32 Å². The first-order valence-corrected chi connectivity index (χ1v) is 5.12. The fourth-order valence-corrected chi connectivity index (χ4v) is 1.50. The monoisotopic (exact) mass is 211 g/mol. The fourth-order valence-electron chi connectivity index (χ4n) is 1.50. The van der Waals surface area contributed by atoms with E-state index >= 15 is 0 Å². The Balaban J connectivity index is 2.33. The quantitative estimate of drug-likeness (QED) is 0.758. The molecule has 0 aliphatic carbocycles. The number of hydrogen-bond donors (Lipinski definition) is 1. The molecule has 0 aliphatic rings. The van der Waals surface area contributed by atoms with Gasteiger partial charge in [-0.15, -0.1) is 0 Å². The van der Waals surface area contributed by atoms with E-state index in [-0.39, 0.29) is 5.91 Å². The number of anilines is 1. The predicted molar refractivity (Wildman–Crippen MR) is 67.4 cm³/mol. The molecule has 1 amide bonds. The maximum atomic E-state index is 11.4. The van der Waals surface area contributed by atoms with Crippen molar-refractivity contribution in [1.29, 1.82) is 0 Å². The third kappa shape index (κ3) is 2.11. The maximum absolute atomic E-state index is 11.4. The molecule has 0 aromatic heterocycles. The summed E-state index contributed by atoms with van der Waals surface area (Å²) in [5, 5.41) is 5.07. The molecule has 2 rings (SSSR count). The lowest BCUT2D eigenvalue weighted by molar-refractivity contribution is -0.112. The standard InChI is InChI=1S/C14H13NO/c1-10(2)14(16)15-13-8-7-11-5-3-4-6-12(11)9-13/h3-9H,1H2,2H3,(H,15,16). The van der Waals surface area contributed by atoms with E-state index in [1.54, 1.807) is 6.92 Å². The zero-order chi connectivity index (χ0) is 11.5. The minimum atomic E-state index is -0.143. The van der Waals surface area contributed by atoms with Crippen molar-refractivity contribution in [3.63, 3.8) is 0 Å². The summed E-state index contributed by atoms with van der Waals surface area (Å²) in [7, 11) is 0. The van der Waals surface area contributed by atoms with Crippen molar-refractivity contribution >= 4 is 22.4 Å². The molecule has 0 spiro atoms. The summed E-state index contributed by atoms with van der Waals surface area (Å²) in [5.41, 5.74) is 1.31. The Bertz CT molecular complexity index is 557. The van der Waals surface area contributed by atoms with Gasteiger partial charge in [0.25, 0.3) is 5.91 Å². The summed E-state index contributed by atoms with van der Waals surface area (Å²) in [6.45, 7) is 5.29. The molecule has 2 nitrogen and oxygen atoms in total. The number of amides is 1. The van der Waals surface area contributed by atoms with Gasteiger partial charge in [0.05, 0.1) is 0 Å². The molecule has 16 heavy (non-hydrogen) atoms. The molecular formula is C14H13NO. The summed E-state index contributed by atoms with van der Waals surface area (Å²) in [6.07, 6.45) is 0. The Kier molecular flexibility index (Phi) is 2.73. The highest BCUT2D eigenvalue weighted by Gasteiger charge is 2.02. The van der Waals surface area contributed by atoms with E-state index in [1.165, 1.54) is 0 Å². The van der Waals surface area contributed by atoms with Crippen molar-refractivity contribution in [2.24, 2.45) is 0 Å². The lowest BCUT2D eigenvalue weighted by Crippen LogP contribution is -2.11. The smallest absolute Gasteiger partial charge is 0.250 e. The van der Waals surface area contributed by atoms with Crippen molar-refractivity contribution in [2.75, 3.05) is 5.32 Å². The van der Waals surface area contributed by atoms with Crippen LogP contribution in [0.25, 0.3) is 10.8 Å². The molecule has 0 unspecified atom stereocenters. The average molecular weight is 211 g/mol. The number of nitrogens with one attached hydrogen (secondary N) is 1. The molecule has 2 heteroatoms. The Morgan fingerprint density at radius 3 is 2.50 bits per heavy atom. The van der Waals surface area contributed by atoms with E-state index in [9.17, 15) is 4.79 Å².